The molecule has 3 aromatic rings. The van der Waals surface area contributed by atoms with Crippen LogP contribution in [-0.4, -0.2) is 30.1 Å². The number of carbonyl (C=O) groups is 2. The van der Waals surface area contributed by atoms with Gasteiger partial charge in [0.25, 0.3) is 5.91 Å². The van der Waals surface area contributed by atoms with Gasteiger partial charge in [-0.2, -0.15) is 0 Å². The number of ether oxygens (including phenoxy) is 1. The molecule has 0 spiro atoms. The standard InChI is InChI=1S/C21H22N4O3/c1-13(2)23-21(27)24-15-8-6-14(7-9-15)20(26)25-17-10-11-18(28-3)19-16(17)5-4-12-22-19/h4-13H,1-3H3,(H,25,26)(H2,23,24,27). The molecule has 0 atom stereocenters. The van der Waals surface area contributed by atoms with Crippen LogP contribution in [-0.2, 0) is 0 Å². The first kappa shape index (κ1) is 19.2. The van der Waals surface area contributed by atoms with Crippen LogP contribution in [0.4, 0.5) is 16.2 Å². The van der Waals surface area contributed by atoms with Gasteiger partial charge in [0, 0.05) is 28.9 Å². The first-order chi connectivity index (χ1) is 13.5. The first-order valence-electron chi connectivity index (χ1n) is 8.88. The van der Waals surface area contributed by atoms with Crippen molar-refractivity contribution in [3.8, 4) is 5.75 Å². The molecule has 7 heteroatoms. The SMILES string of the molecule is COc1ccc(NC(=O)c2ccc(NC(=O)NC(C)C)cc2)c2cccnc12. The summed E-state index contributed by atoms with van der Waals surface area (Å²) in [6.45, 7) is 3.76. The van der Waals surface area contributed by atoms with E-state index < -0.39 is 0 Å². The zero-order chi connectivity index (χ0) is 20.1. The number of pyridine rings is 1. The van der Waals surface area contributed by atoms with Crippen LogP contribution in [0.1, 0.15) is 24.2 Å². The molecule has 0 aliphatic carbocycles. The van der Waals surface area contributed by atoms with Crippen LogP contribution in [0.3, 0.4) is 0 Å². The van der Waals surface area contributed by atoms with Gasteiger partial charge in [-0.1, -0.05) is 0 Å². The summed E-state index contributed by atoms with van der Waals surface area (Å²) >= 11 is 0. The van der Waals surface area contributed by atoms with Crippen LogP contribution in [0.2, 0.25) is 0 Å². The van der Waals surface area contributed by atoms with E-state index in [1.54, 1.807) is 55.8 Å². The van der Waals surface area contributed by atoms with E-state index >= 15 is 0 Å². The van der Waals surface area contributed by atoms with Crippen molar-refractivity contribution >= 4 is 34.2 Å². The van der Waals surface area contributed by atoms with Crippen LogP contribution in [0, 0.1) is 0 Å². The van der Waals surface area contributed by atoms with Crippen molar-refractivity contribution in [2.75, 3.05) is 17.7 Å². The van der Waals surface area contributed by atoms with E-state index in [9.17, 15) is 9.59 Å². The zero-order valence-corrected chi connectivity index (χ0v) is 15.9. The fourth-order valence-corrected chi connectivity index (χ4v) is 2.75. The molecule has 1 heterocycles. The van der Waals surface area contributed by atoms with E-state index in [1.165, 1.54) is 0 Å². The summed E-state index contributed by atoms with van der Waals surface area (Å²) in [5.74, 6) is 0.386. The molecule has 0 aliphatic rings. The Morgan fingerprint density at radius 1 is 1.00 bits per heavy atom. The van der Waals surface area contributed by atoms with Crippen LogP contribution in [0.5, 0.6) is 5.75 Å². The quantitative estimate of drug-likeness (QED) is 0.625. The number of rotatable bonds is 5. The molecule has 0 unspecified atom stereocenters. The molecule has 0 radical (unpaired) electrons. The van der Waals surface area contributed by atoms with E-state index in [-0.39, 0.29) is 18.0 Å². The van der Waals surface area contributed by atoms with Gasteiger partial charge in [-0.3, -0.25) is 9.78 Å². The summed E-state index contributed by atoms with van der Waals surface area (Å²) in [6.07, 6.45) is 1.68. The van der Waals surface area contributed by atoms with Gasteiger partial charge in [-0.05, 0) is 62.4 Å². The third-order valence-corrected chi connectivity index (χ3v) is 4.03. The third-order valence-electron chi connectivity index (χ3n) is 4.03. The lowest BCUT2D eigenvalue weighted by atomic mass is 10.1. The fourth-order valence-electron chi connectivity index (χ4n) is 2.75. The molecule has 7 nitrogen and oxygen atoms in total. The van der Waals surface area contributed by atoms with Crippen molar-refractivity contribution in [1.29, 1.82) is 0 Å². The Hall–Kier alpha value is -3.61. The Balaban J connectivity index is 1.75. The minimum atomic E-state index is -0.288. The molecule has 2 aromatic carbocycles. The van der Waals surface area contributed by atoms with Gasteiger partial charge >= 0.3 is 6.03 Å². The second-order valence-corrected chi connectivity index (χ2v) is 6.50. The maximum atomic E-state index is 12.6. The Labute approximate surface area is 163 Å². The maximum absolute atomic E-state index is 12.6. The predicted octanol–water partition coefficient (Wildman–Crippen LogP) is 4.03. The number of aromatic nitrogens is 1. The molecule has 3 amide bonds. The second kappa shape index (κ2) is 8.39. The summed E-state index contributed by atoms with van der Waals surface area (Å²) in [5, 5.41) is 9.16. The zero-order valence-electron chi connectivity index (χ0n) is 15.9. The van der Waals surface area contributed by atoms with Crippen molar-refractivity contribution in [1.82, 2.24) is 10.3 Å². The Bertz CT molecular complexity index is 1000. The van der Waals surface area contributed by atoms with Crippen LogP contribution >= 0.6 is 0 Å². The molecule has 0 saturated heterocycles. The third kappa shape index (κ3) is 4.37. The summed E-state index contributed by atoms with van der Waals surface area (Å²) in [4.78, 5) is 28.7. The van der Waals surface area contributed by atoms with Crippen molar-refractivity contribution < 1.29 is 14.3 Å². The van der Waals surface area contributed by atoms with E-state index in [0.717, 1.165) is 5.39 Å². The van der Waals surface area contributed by atoms with Gasteiger partial charge < -0.3 is 20.7 Å². The average Bonchev–Trinajstić information content (AvgIpc) is 2.68. The molecule has 0 aliphatic heterocycles. The summed E-state index contributed by atoms with van der Waals surface area (Å²) in [7, 11) is 1.58. The first-order valence-corrected chi connectivity index (χ1v) is 8.88. The smallest absolute Gasteiger partial charge is 0.319 e. The Morgan fingerprint density at radius 2 is 1.75 bits per heavy atom. The van der Waals surface area contributed by atoms with E-state index in [1.807, 2.05) is 19.9 Å². The van der Waals surface area contributed by atoms with Gasteiger partial charge in [-0.15, -0.1) is 0 Å². The lowest BCUT2D eigenvalue weighted by Crippen LogP contribution is -2.34. The number of fused-ring (bicyclic) bond motifs is 1. The molecule has 3 rings (SSSR count). The van der Waals surface area contributed by atoms with E-state index in [0.29, 0.717) is 28.2 Å². The highest BCUT2D eigenvalue weighted by molar-refractivity contribution is 6.09. The van der Waals surface area contributed by atoms with Gasteiger partial charge in [0.15, 0.2) is 0 Å². The van der Waals surface area contributed by atoms with E-state index in [4.69, 9.17) is 4.74 Å². The number of hydrogen-bond acceptors (Lipinski definition) is 4. The van der Waals surface area contributed by atoms with Crippen LogP contribution in [0.15, 0.2) is 54.7 Å². The molecular weight excluding hydrogens is 356 g/mol. The van der Waals surface area contributed by atoms with Gasteiger partial charge in [0.2, 0.25) is 0 Å². The number of nitrogens with one attached hydrogen (secondary N) is 3. The topological polar surface area (TPSA) is 92.4 Å². The highest BCUT2D eigenvalue weighted by Crippen LogP contribution is 2.30. The molecule has 0 bridgehead atoms. The largest absolute Gasteiger partial charge is 0.494 e. The summed E-state index contributed by atoms with van der Waals surface area (Å²) < 4.78 is 5.33. The van der Waals surface area contributed by atoms with E-state index in [2.05, 4.69) is 20.9 Å². The summed E-state index contributed by atoms with van der Waals surface area (Å²) in [6, 6.07) is 13.7. The number of benzene rings is 2. The molecule has 28 heavy (non-hydrogen) atoms. The molecule has 3 N–H and O–H groups in total. The summed E-state index contributed by atoms with van der Waals surface area (Å²) in [5.41, 5.74) is 2.40. The van der Waals surface area contributed by atoms with Crippen molar-refractivity contribution in [3.05, 3.63) is 60.3 Å². The average molecular weight is 378 g/mol. The van der Waals surface area contributed by atoms with Gasteiger partial charge in [0.05, 0.1) is 12.8 Å². The predicted molar refractivity (Wildman–Crippen MR) is 110 cm³/mol. The molecule has 144 valence electrons. The number of amides is 3. The Kier molecular flexibility index (Phi) is 5.74. The fraction of sp³-hybridized carbons (Fsp3) is 0.190. The molecular formula is C21H22N4O3. The lowest BCUT2D eigenvalue weighted by molar-refractivity contribution is 0.102. The monoisotopic (exact) mass is 378 g/mol. The minimum Gasteiger partial charge on any atom is -0.494 e. The molecule has 0 fully saturated rings. The minimum absolute atomic E-state index is 0.0406. The highest BCUT2D eigenvalue weighted by Gasteiger charge is 2.12. The lowest BCUT2D eigenvalue weighted by Gasteiger charge is -2.12. The number of anilines is 2. The number of nitrogens with zero attached hydrogens (tertiary/aromatic N) is 1. The number of carbonyl (C=O) groups excluding carboxylic acids is 2. The van der Waals surface area contributed by atoms with Crippen molar-refractivity contribution in [3.63, 3.8) is 0 Å². The second-order valence-electron chi connectivity index (χ2n) is 6.50. The molecule has 0 saturated carbocycles. The highest BCUT2D eigenvalue weighted by atomic mass is 16.5. The number of hydrogen-bond donors (Lipinski definition) is 3. The molecule has 1 aromatic heterocycles. The number of methoxy groups -OCH3 is 1. The van der Waals surface area contributed by atoms with Crippen molar-refractivity contribution in [2.24, 2.45) is 0 Å². The maximum Gasteiger partial charge on any atom is 0.319 e. The van der Waals surface area contributed by atoms with Crippen LogP contribution in [0.25, 0.3) is 10.9 Å². The van der Waals surface area contributed by atoms with Gasteiger partial charge in [-0.25, -0.2) is 4.79 Å². The normalized spacial score (nSPS) is 10.6. The van der Waals surface area contributed by atoms with Crippen molar-refractivity contribution in [2.45, 2.75) is 19.9 Å². The van der Waals surface area contributed by atoms with Crippen LogP contribution < -0.4 is 20.7 Å². The number of urea groups is 1. The van der Waals surface area contributed by atoms with Gasteiger partial charge in [0.1, 0.15) is 11.3 Å². The Morgan fingerprint density at radius 3 is 2.43 bits per heavy atom.